The quantitative estimate of drug-likeness (QED) is 0.707. The van der Waals surface area contributed by atoms with Gasteiger partial charge in [0.2, 0.25) is 5.78 Å². The largest absolute Gasteiger partial charge is 0.347 e. The molecule has 0 radical (unpaired) electrons. The fourth-order valence-electron chi connectivity index (χ4n) is 2.03. The van der Waals surface area contributed by atoms with E-state index in [-0.39, 0.29) is 17.3 Å². The van der Waals surface area contributed by atoms with Crippen molar-refractivity contribution >= 4 is 34.4 Å². The molecule has 0 bridgehead atoms. The molecule has 0 saturated carbocycles. The number of carbonyl (C=O) groups is 2. The Balaban J connectivity index is 1.63. The van der Waals surface area contributed by atoms with E-state index in [1.165, 1.54) is 40.9 Å². The maximum Gasteiger partial charge on any atom is 0.251 e. The second kappa shape index (κ2) is 6.85. The molecule has 0 unspecified atom stereocenters. The molecule has 1 amide bonds. The number of ketones is 1. The minimum Gasteiger partial charge on any atom is -0.347 e. The lowest BCUT2D eigenvalue weighted by Gasteiger charge is -2.03. The molecule has 0 aliphatic carbocycles. The number of nitrogens with one attached hydrogen (secondary N) is 1. The van der Waals surface area contributed by atoms with Crippen LogP contribution >= 0.6 is 22.7 Å². The Kier molecular flexibility index (Phi) is 4.64. The van der Waals surface area contributed by atoms with Gasteiger partial charge in [0, 0.05) is 21.4 Å². The highest BCUT2D eigenvalue weighted by Gasteiger charge is 2.13. The summed E-state index contributed by atoms with van der Waals surface area (Å²) in [6, 6.07) is 10.9. The van der Waals surface area contributed by atoms with E-state index in [0.717, 1.165) is 4.88 Å². The highest BCUT2D eigenvalue weighted by atomic mass is 32.1. The smallest absolute Gasteiger partial charge is 0.251 e. The summed E-state index contributed by atoms with van der Waals surface area (Å²) in [6.45, 7) is 0.303. The Hall–Kier alpha value is -2.31. The minimum atomic E-state index is -0.447. The van der Waals surface area contributed by atoms with Crippen LogP contribution in [-0.2, 0) is 6.54 Å². The summed E-state index contributed by atoms with van der Waals surface area (Å²) in [5, 5.41) is 6.40. The predicted octanol–water partition coefficient (Wildman–Crippen LogP) is 4.11. The van der Waals surface area contributed by atoms with E-state index in [2.05, 4.69) is 5.32 Å². The first kappa shape index (κ1) is 15.6. The van der Waals surface area contributed by atoms with Gasteiger partial charge in [0.05, 0.1) is 11.4 Å². The summed E-state index contributed by atoms with van der Waals surface area (Å²) >= 11 is 2.82. The zero-order valence-electron chi connectivity index (χ0n) is 11.9. The molecular weight excluding hydrogens is 333 g/mol. The Morgan fingerprint density at radius 1 is 1.09 bits per heavy atom. The van der Waals surface area contributed by atoms with Crippen molar-refractivity contribution in [2.45, 2.75) is 6.54 Å². The summed E-state index contributed by atoms with van der Waals surface area (Å²) in [5.41, 5.74) is 0.948. The van der Waals surface area contributed by atoms with E-state index in [9.17, 15) is 14.0 Å². The van der Waals surface area contributed by atoms with Crippen LogP contribution in [0.1, 0.15) is 30.5 Å². The maximum atomic E-state index is 13.1. The number of carbonyl (C=O) groups excluding carboxylic acids is 2. The summed E-state index contributed by atoms with van der Waals surface area (Å²) in [5.74, 6) is -0.806. The van der Waals surface area contributed by atoms with Gasteiger partial charge in [0.15, 0.2) is 0 Å². The molecule has 3 aromatic rings. The number of rotatable bonds is 5. The predicted molar refractivity (Wildman–Crippen MR) is 89.6 cm³/mol. The van der Waals surface area contributed by atoms with Crippen molar-refractivity contribution in [3.05, 3.63) is 79.9 Å². The summed E-state index contributed by atoms with van der Waals surface area (Å²) in [6.07, 6.45) is 0. The highest BCUT2D eigenvalue weighted by Crippen LogP contribution is 2.21. The molecule has 0 spiro atoms. The molecule has 0 atom stereocenters. The van der Waals surface area contributed by atoms with Crippen LogP contribution in [0.5, 0.6) is 0 Å². The molecule has 6 heteroatoms. The average molecular weight is 345 g/mol. The molecule has 2 aromatic heterocycles. The van der Waals surface area contributed by atoms with Gasteiger partial charge in [0.1, 0.15) is 5.82 Å². The molecule has 116 valence electrons. The molecule has 0 saturated heterocycles. The Labute approximate surface area is 140 Å². The van der Waals surface area contributed by atoms with Crippen molar-refractivity contribution in [2.24, 2.45) is 0 Å². The van der Waals surface area contributed by atoms with Crippen molar-refractivity contribution in [1.29, 1.82) is 0 Å². The van der Waals surface area contributed by atoms with Gasteiger partial charge >= 0.3 is 0 Å². The van der Waals surface area contributed by atoms with Crippen molar-refractivity contribution in [2.75, 3.05) is 0 Å². The van der Waals surface area contributed by atoms with Crippen LogP contribution in [0.15, 0.2) is 53.2 Å². The van der Waals surface area contributed by atoms with E-state index in [4.69, 9.17) is 0 Å². The van der Waals surface area contributed by atoms with Gasteiger partial charge in [0.25, 0.3) is 5.91 Å². The summed E-state index contributed by atoms with van der Waals surface area (Å²) in [7, 11) is 0. The van der Waals surface area contributed by atoms with Crippen LogP contribution in [0.4, 0.5) is 4.39 Å². The van der Waals surface area contributed by atoms with E-state index >= 15 is 0 Å². The van der Waals surface area contributed by atoms with Crippen LogP contribution in [-0.4, -0.2) is 11.7 Å². The van der Waals surface area contributed by atoms with Crippen molar-refractivity contribution in [3.8, 4) is 0 Å². The molecule has 0 aliphatic heterocycles. The molecule has 0 fully saturated rings. The first-order chi connectivity index (χ1) is 11.1. The normalized spacial score (nSPS) is 10.5. The second-order valence-electron chi connectivity index (χ2n) is 4.80. The zero-order chi connectivity index (χ0) is 16.2. The molecule has 23 heavy (non-hydrogen) atoms. The van der Waals surface area contributed by atoms with Crippen molar-refractivity contribution in [3.63, 3.8) is 0 Å². The second-order valence-corrected chi connectivity index (χ2v) is 6.75. The van der Waals surface area contributed by atoms with Gasteiger partial charge in [-0.1, -0.05) is 6.07 Å². The van der Waals surface area contributed by atoms with Crippen LogP contribution in [0.3, 0.4) is 0 Å². The van der Waals surface area contributed by atoms with Gasteiger partial charge < -0.3 is 5.32 Å². The lowest BCUT2D eigenvalue weighted by atomic mass is 10.2. The lowest BCUT2D eigenvalue weighted by molar-refractivity contribution is 0.0950. The number of amides is 1. The number of thiophene rings is 2. The van der Waals surface area contributed by atoms with Crippen molar-refractivity contribution < 1.29 is 14.0 Å². The molecule has 1 aromatic carbocycles. The number of benzene rings is 1. The first-order valence-electron chi connectivity index (χ1n) is 6.83. The summed E-state index contributed by atoms with van der Waals surface area (Å²) in [4.78, 5) is 25.7. The van der Waals surface area contributed by atoms with Gasteiger partial charge in [-0.15, -0.1) is 11.3 Å². The highest BCUT2D eigenvalue weighted by molar-refractivity contribution is 7.14. The lowest BCUT2D eigenvalue weighted by Crippen LogP contribution is -2.22. The Morgan fingerprint density at radius 2 is 1.96 bits per heavy atom. The monoisotopic (exact) mass is 345 g/mol. The van der Waals surface area contributed by atoms with Gasteiger partial charge in [-0.05, 0) is 41.8 Å². The third-order valence-electron chi connectivity index (χ3n) is 3.18. The van der Waals surface area contributed by atoms with Crippen LogP contribution < -0.4 is 5.32 Å². The van der Waals surface area contributed by atoms with Crippen molar-refractivity contribution in [1.82, 2.24) is 5.32 Å². The van der Waals surface area contributed by atoms with Gasteiger partial charge in [-0.25, -0.2) is 4.39 Å². The average Bonchev–Trinajstić information content (AvgIpc) is 3.23. The SMILES string of the molecule is O=C(NCc1ccc(C(=O)c2ccsc2)s1)c1cccc(F)c1. The third kappa shape index (κ3) is 3.72. The Bertz CT molecular complexity index is 840. The number of halogens is 1. The minimum absolute atomic E-state index is 0.0149. The van der Waals surface area contributed by atoms with E-state index in [1.54, 1.807) is 18.2 Å². The van der Waals surface area contributed by atoms with Gasteiger partial charge in [-0.3, -0.25) is 9.59 Å². The fourth-order valence-corrected chi connectivity index (χ4v) is 3.58. The molecule has 3 nitrogen and oxygen atoms in total. The fraction of sp³-hybridized carbons (Fsp3) is 0.0588. The molecular formula is C17H12FNO2S2. The zero-order valence-corrected chi connectivity index (χ0v) is 13.5. The molecule has 2 heterocycles. The molecule has 3 rings (SSSR count). The van der Waals surface area contributed by atoms with E-state index < -0.39 is 5.82 Å². The number of hydrogen-bond acceptors (Lipinski definition) is 4. The number of hydrogen-bond donors (Lipinski definition) is 1. The Morgan fingerprint density at radius 3 is 2.70 bits per heavy atom. The molecule has 0 aliphatic rings. The topological polar surface area (TPSA) is 46.2 Å². The standard InChI is InChI=1S/C17H12FNO2S2/c18-13-3-1-2-11(8-13)17(21)19-9-14-4-5-15(23-14)16(20)12-6-7-22-10-12/h1-8,10H,9H2,(H,19,21). The maximum absolute atomic E-state index is 13.1. The summed E-state index contributed by atoms with van der Waals surface area (Å²) < 4.78 is 13.1. The third-order valence-corrected chi connectivity index (χ3v) is 4.95. The van der Waals surface area contributed by atoms with Gasteiger partial charge in [-0.2, -0.15) is 11.3 Å². The molecule has 1 N–H and O–H groups in total. The van der Waals surface area contributed by atoms with E-state index in [0.29, 0.717) is 17.0 Å². The van der Waals surface area contributed by atoms with Crippen LogP contribution in [0.2, 0.25) is 0 Å². The van der Waals surface area contributed by atoms with Crippen LogP contribution in [0, 0.1) is 5.82 Å². The van der Waals surface area contributed by atoms with E-state index in [1.807, 2.05) is 16.8 Å². The van der Waals surface area contributed by atoms with Crippen LogP contribution in [0.25, 0.3) is 0 Å². The first-order valence-corrected chi connectivity index (χ1v) is 8.59.